The molecule has 1 heterocycles. The van der Waals surface area contributed by atoms with E-state index in [0.29, 0.717) is 11.8 Å². The van der Waals surface area contributed by atoms with Crippen LogP contribution in [-0.4, -0.2) is 81.6 Å². The molecule has 7 heteroatoms. The summed E-state index contributed by atoms with van der Waals surface area (Å²) in [5, 5.41) is 6.83. The van der Waals surface area contributed by atoms with Gasteiger partial charge >= 0.3 is 0 Å². The topological polar surface area (TPSA) is 69.2 Å². The van der Waals surface area contributed by atoms with E-state index in [2.05, 4.69) is 37.6 Å². The molecule has 1 aliphatic heterocycles. The molecule has 2 fully saturated rings. The van der Waals surface area contributed by atoms with Gasteiger partial charge < -0.3 is 20.3 Å². The highest BCUT2D eigenvalue weighted by atomic mass is 16.5. The van der Waals surface area contributed by atoms with E-state index in [4.69, 9.17) is 4.74 Å². The standard InChI is InChI=1S/C25H41N5O2/c1-26-25(27-14-6-5-7-21-10-12-23(32-2)13-11-21)28-15-16-29-17-19-30(20-18-29)24(31)22-8-3-4-9-22/h10-13,22H,3-9,14-20H2,1-2H3,(H2,26,27,28). The number of nitrogens with one attached hydrogen (secondary N) is 2. The zero-order valence-electron chi connectivity index (χ0n) is 19.9. The second-order valence-corrected chi connectivity index (χ2v) is 8.88. The first kappa shape index (κ1) is 24.4. The summed E-state index contributed by atoms with van der Waals surface area (Å²) in [7, 11) is 3.52. The lowest BCUT2D eigenvalue weighted by molar-refractivity contribution is -0.137. The molecule has 2 N–H and O–H groups in total. The van der Waals surface area contributed by atoms with Crippen molar-refractivity contribution in [3.63, 3.8) is 0 Å². The summed E-state index contributed by atoms with van der Waals surface area (Å²) in [6.07, 6.45) is 7.95. The molecule has 1 saturated heterocycles. The van der Waals surface area contributed by atoms with E-state index in [1.165, 1.54) is 18.4 Å². The average molecular weight is 444 g/mol. The van der Waals surface area contributed by atoms with Crippen molar-refractivity contribution in [3.05, 3.63) is 29.8 Å². The number of carbonyl (C=O) groups excluding carboxylic acids is 1. The number of ether oxygens (including phenoxy) is 1. The number of unbranched alkanes of at least 4 members (excludes halogenated alkanes) is 1. The fourth-order valence-corrected chi connectivity index (χ4v) is 4.63. The molecule has 2 aliphatic rings. The normalized spacial score (nSPS) is 18.1. The van der Waals surface area contributed by atoms with Gasteiger partial charge in [0, 0.05) is 58.8 Å². The van der Waals surface area contributed by atoms with Gasteiger partial charge in [0.1, 0.15) is 5.75 Å². The molecule has 1 aliphatic carbocycles. The minimum atomic E-state index is 0.300. The summed E-state index contributed by atoms with van der Waals surface area (Å²) >= 11 is 0. The third-order valence-corrected chi connectivity index (χ3v) is 6.68. The lowest BCUT2D eigenvalue weighted by Gasteiger charge is -2.36. The summed E-state index contributed by atoms with van der Waals surface area (Å²) in [6.45, 7) is 6.44. The van der Waals surface area contributed by atoms with Crippen molar-refractivity contribution in [3.8, 4) is 5.75 Å². The van der Waals surface area contributed by atoms with Crippen molar-refractivity contribution >= 4 is 11.9 Å². The second kappa shape index (κ2) is 13.3. The van der Waals surface area contributed by atoms with E-state index in [-0.39, 0.29) is 0 Å². The molecule has 1 aromatic rings. The van der Waals surface area contributed by atoms with Crippen LogP contribution in [0, 0.1) is 5.92 Å². The molecule has 0 spiro atoms. The first-order valence-electron chi connectivity index (χ1n) is 12.3. The molecule has 178 valence electrons. The Bertz CT molecular complexity index is 708. The molecule has 1 saturated carbocycles. The number of amides is 1. The van der Waals surface area contributed by atoms with Gasteiger partial charge in [-0.3, -0.25) is 14.7 Å². The Morgan fingerprint density at radius 2 is 1.72 bits per heavy atom. The van der Waals surface area contributed by atoms with E-state index >= 15 is 0 Å². The van der Waals surface area contributed by atoms with Crippen LogP contribution >= 0.6 is 0 Å². The Hall–Kier alpha value is -2.28. The Morgan fingerprint density at radius 1 is 1.03 bits per heavy atom. The van der Waals surface area contributed by atoms with Crippen LogP contribution in [-0.2, 0) is 11.2 Å². The average Bonchev–Trinajstić information content (AvgIpc) is 3.38. The molecule has 1 aromatic carbocycles. The highest BCUT2D eigenvalue weighted by molar-refractivity contribution is 5.79. The fourth-order valence-electron chi connectivity index (χ4n) is 4.63. The minimum Gasteiger partial charge on any atom is -0.497 e. The van der Waals surface area contributed by atoms with Gasteiger partial charge in [-0.1, -0.05) is 25.0 Å². The van der Waals surface area contributed by atoms with Crippen LogP contribution in [0.5, 0.6) is 5.75 Å². The third kappa shape index (κ3) is 7.69. The van der Waals surface area contributed by atoms with Crippen molar-refractivity contribution < 1.29 is 9.53 Å². The van der Waals surface area contributed by atoms with Crippen LogP contribution in [0.3, 0.4) is 0 Å². The summed E-state index contributed by atoms with van der Waals surface area (Å²) < 4.78 is 5.21. The summed E-state index contributed by atoms with van der Waals surface area (Å²) in [5.41, 5.74) is 1.35. The van der Waals surface area contributed by atoms with Gasteiger partial charge in [0.15, 0.2) is 5.96 Å². The minimum absolute atomic E-state index is 0.300. The maximum absolute atomic E-state index is 12.6. The molecule has 7 nitrogen and oxygen atoms in total. The first-order valence-corrected chi connectivity index (χ1v) is 12.3. The van der Waals surface area contributed by atoms with E-state index in [1.807, 2.05) is 19.2 Å². The highest BCUT2D eigenvalue weighted by Gasteiger charge is 2.29. The molecule has 3 rings (SSSR count). The molecule has 0 radical (unpaired) electrons. The number of carbonyl (C=O) groups is 1. The van der Waals surface area contributed by atoms with Crippen LogP contribution in [0.1, 0.15) is 44.1 Å². The predicted molar refractivity (Wildman–Crippen MR) is 130 cm³/mol. The van der Waals surface area contributed by atoms with E-state index in [1.54, 1.807) is 7.11 Å². The number of rotatable bonds is 10. The molecule has 0 bridgehead atoms. The summed E-state index contributed by atoms with van der Waals surface area (Å²) in [5.74, 6) is 2.47. The Balaban J connectivity index is 1.23. The molecule has 32 heavy (non-hydrogen) atoms. The van der Waals surface area contributed by atoms with E-state index in [9.17, 15) is 4.79 Å². The highest BCUT2D eigenvalue weighted by Crippen LogP contribution is 2.26. The molecular weight excluding hydrogens is 402 g/mol. The number of guanidine groups is 1. The van der Waals surface area contributed by atoms with E-state index < -0.39 is 0 Å². The van der Waals surface area contributed by atoms with Gasteiger partial charge in [0.25, 0.3) is 0 Å². The number of hydrogen-bond donors (Lipinski definition) is 2. The Morgan fingerprint density at radius 3 is 2.38 bits per heavy atom. The molecule has 0 unspecified atom stereocenters. The van der Waals surface area contributed by atoms with Gasteiger partial charge in [-0.05, 0) is 49.8 Å². The predicted octanol–water partition coefficient (Wildman–Crippen LogP) is 2.52. The first-order chi connectivity index (χ1) is 15.7. The lowest BCUT2D eigenvalue weighted by Crippen LogP contribution is -2.51. The number of hydrogen-bond acceptors (Lipinski definition) is 4. The maximum atomic E-state index is 12.6. The van der Waals surface area contributed by atoms with Gasteiger partial charge in [-0.15, -0.1) is 0 Å². The summed E-state index contributed by atoms with van der Waals surface area (Å²) in [6, 6.07) is 8.31. The van der Waals surface area contributed by atoms with Crippen molar-refractivity contribution in [2.24, 2.45) is 10.9 Å². The van der Waals surface area contributed by atoms with E-state index in [0.717, 1.165) is 89.6 Å². The van der Waals surface area contributed by atoms with Gasteiger partial charge in [0.2, 0.25) is 5.91 Å². The SMILES string of the molecule is CN=C(NCCCCc1ccc(OC)cc1)NCCN1CCN(C(=O)C2CCCC2)CC1. The van der Waals surface area contributed by atoms with Crippen molar-refractivity contribution in [1.82, 2.24) is 20.4 Å². The number of methoxy groups -OCH3 is 1. The number of aryl methyl sites for hydroxylation is 1. The smallest absolute Gasteiger partial charge is 0.225 e. The maximum Gasteiger partial charge on any atom is 0.225 e. The van der Waals surface area contributed by atoms with Gasteiger partial charge in [-0.2, -0.15) is 0 Å². The number of piperazine rings is 1. The zero-order chi connectivity index (χ0) is 22.6. The zero-order valence-corrected chi connectivity index (χ0v) is 19.9. The van der Waals surface area contributed by atoms with Crippen LogP contribution in [0.2, 0.25) is 0 Å². The molecule has 0 aromatic heterocycles. The molecular formula is C25H41N5O2. The van der Waals surface area contributed by atoms with Crippen LogP contribution in [0.15, 0.2) is 29.3 Å². The van der Waals surface area contributed by atoms with Crippen LogP contribution < -0.4 is 15.4 Å². The number of benzene rings is 1. The fraction of sp³-hybridized carbons (Fsp3) is 0.680. The van der Waals surface area contributed by atoms with Gasteiger partial charge in [-0.25, -0.2) is 0 Å². The lowest BCUT2D eigenvalue weighted by atomic mass is 10.1. The molecule has 0 atom stereocenters. The Labute approximate surface area is 193 Å². The quantitative estimate of drug-likeness (QED) is 0.330. The second-order valence-electron chi connectivity index (χ2n) is 8.88. The Kier molecular flexibility index (Phi) is 10.1. The van der Waals surface area contributed by atoms with Crippen molar-refractivity contribution in [2.75, 3.05) is 60.0 Å². The van der Waals surface area contributed by atoms with Crippen LogP contribution in [0.25, 0.3) is 0 Å². The van der Waals surface area contributed by atoms with Gasteiger partial charge in [0.05, 0.1) is 7.11 Å². The summed E-state index contributed by atoms with van der Waals surface area (Å²) in [4.78, 5) is 21.4. The monoisotopic (exact) mass is 443 g/mol. The number of nitrogens with zero attached hydrogens (tertiary/aromatic N) is 3. The van der Waals surface area contributed by atoms with Crippen molar-refractivity contribution in [1.29, 1.82) is 0 Å². The number of aliphatic imine (C=N–C) groups is 1. The third-order valence-electron chi connectivity index (χ3n) is 6.68. The largest absolute Gasteiger partial charge is 0.497 e. The van der Waals surface area contributed by atoms with Crippen molar-refractivity contribution in [2.45, 2.75) is 44.9 Å². The van der Waals surface area contributed by atoms with Crippen LogP contribution in [0.4, 0.5) is 0 Å². The molecule has 1 amide bonds.